The number of nitrogens with zero attached hydrogens (tertiary/aromatic N) is 1. The van der Waals surface area contributed by atoms with Crippen LogP contribution in [0.4, 0.5) is 10.1 Å². The first kappa shape index (κ1) is 14.3. The number of anilines is 1. The van der Waals surface area contributed by atoms with E-state index in [4.69, 9.17) is 5.73 Å². The average Bonchev–Trinajstić information content (AvgIpc) is 2.46. The number of pyridine rings is 1. The number of hydrogen-bond donors (Lipinski definition) is 2. The van der Waals surface area contributed by atoms with Crippen molar-refractivity contribution in [2.24, 2.45) is 0 Å². The smallest absolute Gasteiger partial charge is 0.230 e. The predicted octanol–water partition coefficient (Wildman–Crippen LogP) is 2.21. The second-order valence-electron chi connectivity index (χ2n) is 4.09. The fraction of sp³-hybridized carbons (Fsp3) is 0.143. The topological polar surface area (TPSA) is 68.0 Å². The fourth-order valence-corrected chi connectivity index (χ4v) is 2.18. The van der Waals surface area contributed by atoms with Crippen molar-refractivity contribution in [2.75, 3.05) is 11.5 Å². The van der Waals surface area contributed by atoms with E-state index in [-0.39, 0.29) is 24.0 Å². The summed E-state index contributed by atoms with van der Waals surface area (Å²) in [7, 11) is 0. The molecule has 0 radical (unpaired) electrons. The summed E-state index contributed by atoms with van der Waals surface area (Å²) in [6, 6.07) is 9.84. The zero-order chi connectivity index (χ0) is 14.4. The quantitative estimate of drug-likeness (QED) is 0.829. The molecule has 104 valence electrons. The van der Waals surface area contributed by atoms with Crippen molar-refractivity contribution in [2.45, 2.75) is 11.6 Å². The van der Waals surface area contributed by atoms with Gasteiger partial charge >= 0.3 is 0 Å². The summed E-state index contributed by atoms with van der Waals surface area (Å²) in [5, 5.41) is 3.39. The van der Waals surface area contributed by atoms with Crippen molar-refractivity contribution >= 4 is 23.4 Å². The fourth-order valence-electron chi connectivity index (χ4n) is 1.50. The van der Waals surface area contributed by atoms with Gasteiger partial charge in [-0.05, 0) is 18.2 Å². The maximum Gasteiger partial charge on any atom is 0.230 e. The summed E-state index contributed by atoms with van der Waals surface area (Å²) in [5.41, 5.74) is 6.57. The highest BCUT2D eigenvalue weighted by atomic mass is 32.2. The minimum absolute atomic E-state index is 0.170. The van der Waals surface area contributed by atoms with Gasteiger partial charge in [0.05, 0.1) is 22.7 Å². The second-order valence-corrected chi connectivity index (χ2v) is 5.08. The van der Waals surface area contributed by atoms with Gasteiger partial charge in [-0.1, -0.05) is 30.0 Å². The standard InChI is InChI=1S/C14H14FN3OS/c15-12-4-2-1-3-10(12)7-17-13(19)9-20-14-6-5-11(16)8-18-14/h1-6,8H,7,9,16H2,(H,17,19). The number of carbonyl (C=O) groups excluding carboxylic acids is 1. The minimum atomic E-state index is -0.319. The number of nitrogens with one attached hydrogen (secondary N) is 1. The van der Waals surface area contributed by atoms with Crippen molar-refractivity contribution < 1.29 is 9.18 Å². The van der Waals surface area contributed by atoms with Crippen LogP contribution in [0, 0.1) is 5.82 Å². The molecule has 4 nitrogen and oxygen atoms in total. The largest absolute Gasteiger partial charge is 0.397 e. The lowest BCUT2D eigenvalue weighted by molar-refractivity contribution is -0.118. The number of rotatable bonds is 5. The van der Waals surface area contributed by atoms with E-state index in [1.54, 1.807) is 36.5 Å². The van der Waals surface area contributed by atoms with Crippen molar-refractivity contribution in [3.05, 3.63) is 54.0 Å². The van der Waals surface area contributed by atoms with Crippen LogP contribution in [0.3, 0.4) is 0 Å². The van der Waals surface area contributed by atoms with Crippen molar-refractivity contribution in [1.29, 1.82) is 0 Å². The van der Waals surface area contributed by atoms with Gasteiger partial charge in [0.1, 0.15) is 5.82 Å². The minimum Gasteiger partial charge on any atom is -0.397 e. The number of carbonyl (C=O) groups is 1. The molecule has 1 aromatic carbocycles. The highest BCUT2D eigenvalue weighted by Crippen LogP contribution is 2.15. The molecule has 3 N–H and O–H groups in total. The highest BCUT2D eigenvalue weighted by molar-refractivity contribution is 7.99. The third kappa shape index (κ3) is 4.24. The molecular weight excluding hydrogens is 277 g/mol. The number of hydrogen-bond acceptors (Lipinski definition) is 4. The van der Waals surface area contributed by atoms with Crippen molar-refractivity contribution in [1.82, 2.24) is 10.3 Å². The molecular formula is C14H14FN3OS. The van der Waals surface area contributed by atoms with Crippen LogP contribution >= 0.6 is 11.8 Å². The number of halogens is 1. The molecule has 1 amide bonds. The van der Waals surface area contributed by atoms with Gasteiger partial charge < -0.3 is 11.1 Å². The highest BCUT2D eigenvalue weighted by Gasteiger charge is 2.05. The molecule has 1 aromatic heterocycles. The van der Waals surface area contributed by atoms with Crippen LogP contribution in [0.15, 0.2) is 47.6 Å². The Hall–Kier alpha value is -2.08. The summed E-state index contributed by atoms with van der Waals surface area (Å²) >= 11 is 1.30. The van der Waals surface area contributed by atoms with Crippen molar-refractivity contribution in [3.8, 4) is 0 Å². The third-order valence-electron chi connectivity index (χ3n) is 2.54. The maximum atomic E-state index is 13.4. The summed E-state index contributed by atoms with van der Waals surface area (Å²) in [4.78, 5) is 15.7. The molecule has 0 saturated carbocycles. The van der Waals surface area contributed by atoms with Gasteiger partial charge in [0.15, 0.2) is 0 Å². The van der Waals surface area contributed by atoms with Gasteiger partial charge in [-0.2, -0.15) is 0 Å². The first-order valence-electron chi connectivity index (χ1n) is 5.99. The van der Waals surface area contributed by atoms with Gasteiger partial charge in [0.25, 0.3) is 0 Å². The number of nitrogens with two attached hydrogens (primary N) is 1. The molecule has 0 unspecified atom stereocenters. The van der Waals surface area contributed by atoms with Gasteiger partial charge in [0.2, 0.25) is 5.91 Å². The molecule has 0 aliphatic heterocycles. The summed E-state index contributed by atoms with van der Waals surface area (Å²) in [6.07, 6.45) is 1.54. The Morgan fingerprint density at radius 3 is 2.80 bits per heavy atom. The van der Waals surface area contributed by atoms with E-state index in [0.717, 1.165) is 5.03 Å². The van der Waals surface area contributed by atoms with Gasteiger partial charge in [-0.15, -0.1) is 0 Å². The SMILES string of the molecule is Nc1ccc(SCC(=O)NCc2ccccc2F)nc1. The number of amides is 1. The molecule has 0 spiro atoms. The molecule has 1 heterocycles. The second kappa shape index (κ2) is 6.91. The monoisotopic (exact) mass is 291 g/mol. The van der Waals surface area contributed by atoms with E-state index in [0.29, 0.717) is 11.3 Å². The van der Waals surface area contributed by atoms with Gasteiger partial charge in [0, 0.05) is 12.1 Å². The lowest BCUT2D eigenvalue weighted by Gasteiger charge is -2.06. The van der Waals surface area contributed by atoms with Crippen molar-refractivity contribution in [3.63, 3.8) is 0 Å². The molecule has 6 heteroatoms. The van der Waals surface area contributed by atoms with E-state index in [2.05, 4.69) is 10.3 Å². The van der Waals surface area contributed by atoms with E-state index >= 15 is 0 Å². The van der Waals surface area contributed by atoms with E-state index in [1.165, 1.54) is 17.8 Å². The normalized spacial score (nSPS) is 10.2. The maximum absolute atomic E-state index is 13.4. The van der Waals surface area contributed by atoms with Crippen LogP contribution in [-0.2, 0) is 11.3 Å². The Bertz CT molecular complexity index is 589. The Kier molecular flexibility index (Phi) is 4.95. The molecule has 0 atom stereocenters. The van der Waals surface area contributed by atoms with Crippen LogP contribution in [-0.4, -0.2) is 16.6 Å². The predicted molar refractivity (Wildman–Crippen MR) is 77.6 cm³/mol. The first-order chi connectivity index (χ1) is 9.65. The van der Waals surface area contributed by atoms with Crippen LogP contribution in [0.5, 0.6) is 0 Å². The number of nitrogen functional groups attached to an aromatic ring is 1. The number of thioether (sulfide) groups is 1. The molecule has 0 saturated heterocycles. The lowest BCUT2D eigenvalue weighted by atomic mass is 10.2. The van der Waals surface area contributed by atoms with Crippen LogP contribution < -0.4 is 11.1 Å². The molecule has 0 aliphatic rings. The Labute approximate surface area is 120 Å². The summed E-state index contributed by atoms with van der Waals surface area (Å²) in [5.74, 6) is -0.261. The van der Waals surface area contributed by atoms with Gasteiger partial charge in [-0.3, -0.25) is 4.79 Å². The van der Waals surface area contributed by atoms with E-state index < -0.39 is 0 Å². The zero-order valence-corrected chi connectivity index (χ0v) is 11.5. The van der Waals surface area contributed by atoms with E-state index in [9.17, 15) is 9.18 Å². The average molecular weight is 291 g/mol. The zero-order valence-electron chi connectivity index (χ0n) is 10.7. The Balaban J connectivity index is 1.78. The summed E-state index contributed by atoms with van der Waals surface area (Å²) in [6.45, 7) is 0.182. The molecule has 2 rings (SSSR count). The first-order valence-corrected chi connectivity index (χ1v) is 6.98. The van der Waals surface area contributed by atoms with Gasteiger partial charge in [-0.25, -0.2) is 9.37 Å². The lowest BCUT2D eigenvalue weighted by Crippen LogP contribution is -2.25. The number of benzene rings is 1. The van der Waals surface area contributed by atoms with Crippen LogP contribution in [0.1, 0.15) is 5.56 Å². The Morgan fingerprint density at radius 2 is 2.10 bits per heavy atom. The third-order valence-corrected chi connectivity index (χ3v) is 3.49. The Morgan fingerprint density at radius 1 is 1.30 bits per heavy atom. The molecule has 0 bridgehead atoms. The molecule has 20 heavy (non-hydrogen) atoms. The molecule has 0 aliphatic carbocycles. The molecule has 2 aromatic rings. The molecule has 0 fully saturated rings. The number of aromatic nitrogens is 1. The summed E-state index contributed by atoms with van der Waals surface area (Å²) < 4.78 is 13.4. The van der Waals surface area contributed by atoms with Crippen LogP contribution in [0.2, 0.25) is 0 Å². The van der Waals surface area contributed by atoms with E-state index in [1.807, 2.05) is 0 Å². The van der Waals surface area contributed by atoms with Crippen LogP contribution in [0.25, 0.3) is 0 Å².